The number of hydrogen-bond donors (Lipinski definition) is 1. The molecule has 0 spiro atoms. The van der Waals surface area contributed by atoms with E-state index in [4.69, 9.17) is 11.6 Å². The average molecular weight is 327 g/mol. The van der Waals surface area contributed by atoms with Crippen LogP contribution in [0.4, 0.5) is 0 Å². The zero-order chi connectivity index (χ0) is 17.1. The lowest BCUT2D eigenvalue weighted by atomic mass is 9.94. The second kappa shape index (κ2) is 7.06. The van der Waals surface area contributed by atoms with Crippen LogP contribution in [0.5, 0.6) is 0 Å². The van der Waals surface area contributed by atoms with E-state index in [2.05, 4.69) is 38.1 Å². The highest BCUT2D eigenvalue weighted by Gasteiger charge is 2.11. The van der Waals surface area contributed by atoms with Gasteiger partial charge in [0, 0.05) is 15.8 Å². The van der Waals surface area contributed by atoms with Gasteiger partial charge in [0.15, 0.2) is 0 Å². The fourth-order valence-corrected chi connectivity index (χ4v) is 3.14. The molecule has 23 heavy (non-hydrogen) atoms. The van der Waals surface area contributed by atoms with Gasteiger partial charge in [0.2, 0.25) is 0 Å². The molecule has 0 saturated carbocycles. The first kappa shape index (κ1) is 17.4. The van der Waals surface area contributed by atoms with E-state index in [0.29, 0.717) is 5.02 Å². The van der Waals surface area contributed by atoms with Crippen molar-refractivity contribution in [3.05, 3.63) is 69.1 Å². The third kappa shape index (κ3) is 3.51. The van der Waals surface area contributed by atoms with Crippen molar-refractivity contribution in [2.24, 2.45) is 0 Å². The molecule has 0 aliphatic heterocycles. The first-order valence-corrected chi connectivity index (χ1v) is 8.14. The highest BCUT2D eigenvalue weighted by Crippen LogP contribution is 2.31. The van der Waals surface area contributed by atoms with Crippen molar-refractivity contribution in [3.63, 3.8) is 0 Å². The van der Waals surface area contributed by atoms with Gasteiger partial charge in [-0.15, -0.1) is 0 Å². The van der Waals surface area contributed by atoms with E-state index in [1.54, 1.807) is 6.08 Å². The summed E-state index contributed by atoms with van der Waals surface area (Å²) in [4.78, 5) is 0. The molecule has 0 unspecified atom stereocenters. The van der Waals surface area contributed by atoms with Crippen molar-refractivity contribution in [2.45, 2.75) is 34.6 Å². The molecule has 0 saturated heterocycles. The van der Waals surface area contributed by atoms with Gasteiger partial charge in [-0.25, -0.2) is 0 Å². The predicted molar refractivity (Wildman–Crippen MR) is 101 cm³/mol. The van der Waals surface area contributed by atoms with Gasteiger partial charge >= 0.3 is 0 Å². The molecule has 1 nitrogen and oxygen atoms in total. The number of aliphatic hydroxyl groups is 1. The Bertz CT molecular complexity index is 865. The van der Waals surface area contributed by atoms with Gasteiger partial charge in [-0.2, -0.15) is 0 Å². The number of benzene rings is 2. The maximum atomic E-state index is 10.3. The van der Waals surface area contributed by atoms with E-state index in [1.807, 2.05) is 32.9 Å². The average Bonchev–Trinajstić information content (AvgIpc) is 2.48. The summed E-state index contributed by atoms with van der Waals surface area (Å²) in [5.74, 6) is 0.235. The minimum atomic E-state index is 0.235. The Morgan fingerprint density at radius 3 is 2.17 bits per heavy atom. The molecule has 120 valence electrons. The highest BCUT2D eigenvalue weighted by molar-refractivity contribution is 6.33. The van der Waals surface area contributed by atoms with E-state index in [-0.39, 0.29) is 5.76 Å². The Morgan fingerprint density at radius 1 is 1.04 bits per heavy atom. The normalized spacial score (nSPS) is 12.6. The molecule has 2 heteroatoms. The number of rotatable bonds is 2. The highest BCUT2D eigenvalue weighted by atomic mass is 35.5. The summed E-state index contributed by atoms with van der Waals surface area (Å²) in [7, 11) is 0. The van der Waals surface area contributed by atoms with Crippen molar-refractivity contribution in [2.75, 3.05) is 0 Å². The molecule has 1 N–H and O–H groups in total. The second-order valence-corrected chi connectivity index (χ2v) is 6.44. The number of allylic oxidation sites excluding steroid dienone is 1. The van der Waals surface area contributed by atoms with Crippen molar-refractivity contribution in [1.29, 1.82) is 0 Å². The van der Waals surface area contributed by atoms with Crippen LogP contribution < -0.4 is 10.4 Å². The summed E-state index contributed by atoms with van der Waals surface area (Å²) in [6.45, 7) is 10.2. The van der Waals surface area contributed by atoms with Crippen LogP contribution in [-0.2, 0) is 0 Å². The molecular formula is C21H23ClO. The van der Waals surface area contributed by atoms with Gasteiger partial charge in [0.25, 0.3) is 0 Å². The fraction of sp³-hybridized carbons (Fsp3) is 0.238. The first-order valence-electron chi connectivity index (χ1n) is 7.76. The number of aryl methyl sites for hydroxylation is 2. The Morgan fingerprint density at radius 2 is 1.65 bits per heavy atom. The Hall–Kier alpha value is -1.99. The third-order valence-corrected chi connectivity index (χ3v) is 4.31. The predicted octanol–water partition coefficient (Wildman–Crippen LogP) is 5.06. The van der Waals surface area contributed by atoms with Crippen molar-refractivity contribution in [1.82, 2.24) is 0 Å². The van der Waals surface area contributed by atoms with E-state index in [1.165, 1.54) is 11.1 Å². The van der Waals surface area contributed by atoms with Crippen LogP contribution >= 0.6 is 11.6 Å². The Labute approximate surface area is 143 Å². The van der Waals surface area contributed by atoms with Gasteiger partial charge in [-0.3, -0.25) is 0 Å². The monoisotopic (exact) mass is 326 g/mol. The number of aliphatic hydroxyl groups excluding tert-OH is 1. The van der Waals surface area contributed by atoms with E-state index in [0.717, 1.165) is 27.1 Å². The Kier molecular flexibility index (Phi) is 5.33. The van der Waals surface area contributed by atoms with Gasteiger partial charge in [0.1, 0.15) is 5.76 Å². The molecule has 0 aliphatic carbocycles. The zero-order valence-electron chi connectivity index (χ0n) is 14.4. The molecule has 2 rings (SSSR count). The molecule has 0 fully saturated rings. The maximum Gasteiger partial charge on any atom is 0.123 e. The van der Waals surface area contributed by atoms with Crippen molar-refractivity contribution < 1.29 is 5.11 Å². The molecule has 0 atom stereocenters. The fourth-order valence-electron chi connectivity index (χ4n) is 2.88. The van der Waals surface area contributed by atoms with E-state index < -0.39 is 0 Å². The summed E-state index contributed by atoms with van der Waals surface area (Å²) >= 11 is 6.57. The van der Waals surface area contributed by atoms with Crippen LogP contribution in [-0.4, -0.2) is 5.11 Å². The largest absolute Gasteiger partial charge is 0.507 e. The molecular weight excluding hydrogens is 304 g/mol. The molecule has 0 bridgehead atoms. The topological polar surface area (TPSA) is 20.2 Å². The van der Waals surface area contributed by atoms with Crippen LogP contribution in [0.15, 0.2) is 42.5 Å². The number of hydrogen-bond acceptors (Lipinski definition) is 1. The van der Waals surface area contributed by atoms with Gasteiger partial charge < -0.3 is 5.11 Å². The summed E-state index contributed by atoms with van der Waals surface area (Å²) in [5, 5.41) is 12.7. The van der Waals surface area contributed by atoms with Gasteiger partial charge in [-0.1, -0.05) is 41.4 Å². The quantitative estimate of drug-likeness (QED) is 0.818. The van der Waals surface area contributed by atoms with Gasteiger partial charge in [0.05, 0.1) is 0 Å². The Balaban J connectivity index is 2.95. The molecule has 0 aromatic heterocycles. The summed E-state index contributed by atoms with van der Waals surface area (Å²) < 4.78 is 0. The third-order valence-electron chi connectivity index (χ3n) is 4.00. The molecule has 0 amide bonds. The zero-order valence-corrected chi connectivity index (χ0v) is 15.1. The lowest BCUT2D eigenvalue weighted by Crippen LogP contribution is -2.28. The second-order valence-electron chi connectivity index (χ2n) is 6.03. The van der Waals surface area contributed by atoms with E-state index >= 15 is 0 Å². The molecule has 2 aromatic carbocycles. The summed E-state index contributed by atoms with van der Waals surface area (Å²) in [6.07, 6.45) is 3.51. The maximum absolute atomic E-state index is 10.3. The number of halogens is 1. The van der Waals surface area contributed by atoms with E-state index in [9.17, 15) is 5.11 Å². The van der Waals surface area contributed by atoms with Crippen LogP contribution in [0.1, 0.15) is 31.9 Å². The minimum Gasteiger partial charge on any atom is -0.507 e. The minimum absolute atomic E-state index is 0.235. The van der Waals surface area contributed by atoms with Crippen LogP contribution in [0.25, 0.3) is 22.5 Å². The molecule has 0 aliphatic rings. The lowest BCUT2D eigenvalue weighted by molar-refractivity contribution is 0.511. The molecule has 2 aromatic rings. The summed E-state index contributed by atoms with van der Waals surface area (Å²) in [6, 6.07) is 10.2. The lowest BCUT2D eigenvalue weighted by Gasteiger charge is -2.13. The smallest absolute Gasteiger partial charge is 0.123 e. The van der Waals surface area contributed by atoms with Crippen LogP contribution in [0.3, 0.4) is 0 Å². The first-order chi connectivity index (χ1) is 10.9. The van der Waals surface area contributed by atoms with Crippen LogP contribution in [0.2, 0.25) is 5.02 Å². The molecule has 0 radical (unpaired) electrons. The standard InChI is InChI=1S/C21H23ClO/c1-6-8-20(23)17-12-19(22)18(11-16(17)13(2)3)21-14(4)9-7-10-15(21)5/h6-12,23H,1-5H3/b8-6-,20-17+. The summed E-state index contributed by atoms with van der Waals surface area (Å²) in [5.41, 5.74) is 5.70. The van der Waals surface area contributed by atoms with Gasteiger partial charge in [-0.05, 0) is 74.7 Å². The van der Waals surface area contributed by atoms with Crippen molar-refractivity contribution in [3.8, 4) is 11.1 Å². The van der Waals surface area contributed by atoms with Crippen LogP contribution in [0, 0.1) is 13.8 Å². The van der Waals surface area contributed by atoms with Crippen molar-refractivity contribution >= 4 is 22.9 Å². The SMILES string of the molecule is C/C=C\C(O)=c1\cc(Cl)c(-c2c(C)cccc2C)cc1=C(C)C. The molecule has 0 heterocycles.